The zero-order valence-corrected chi connectivity index (χ0v) is 8.08. The Labute approximate surface area is 77.6 Å². The van der Waals surface area contributed by atoms with Crippen molar-refractivity contribution in [2.45, 2.75) is 19.8 Å². The summed E-state index contributed by atoms with van der Waals surface area (Å²) in [5.74, 6) is 0.640. The molecule has 0 radical (unpaired) electrons. The van der Waals surface area contributed by atoms with Crippen molar-refractivity contribution in [1.82, 2.24) is 9.55 Å². The Hall–Kier alpha value is -1.32. The normalized spacial score (nSPS) is 10.0. The van der Waals surface area contributed by atoms with Gasteiger partial charge in [0.05, 0.1) is 0 Å². The Kier molecular flexibility index (Phi) is 3.49. The van der Waals surface area contributed by atoms with E-state index in [0.717, 1.165) is 19.4 Å². The molecule has 0 aliphatic carbocycles. The quantitative estimate of drug-likeness (QED) is 0.705. The first-order chi connectivity index (χ1) is 6.24. The first kappa shape index (κ1) is 9.77. The fourth-order valence-corrected chi connectivity index (χ4v) is 1.01. The van der Waals surface area contributed by atoms with Crippen molar-refractivity contribution in [2.24, 2.45) is 7.05 Å². The molecule has 0 amide bonds. The van der Waals surface area contributed by atoms with Crippen molar-refractivity contribution in [3.8, 4) is 0 Å². The molecule has 0 saturated heterocycles. The number of rotatable bonds is 4. The lowest BCUT2D eigenvalue weighted by Gasteiger charge is -2.07. The van der Waals surface area contributed by atoms with Gasteiger partial charge < -0.3 is 9.88 Å². The van der Waals surface area contributed by atoms with Gasteiger partial charge in [-0.25, -0.2) is 0 Å². The van der Waals surface area contributed by atoms with Crippen LogP contribution in [-0.4, -0.2) is 16.1 Å². The van der Waals surface area contributed by atoms with E-state index in [1.54, 1.807) is 10.8 Å². The third-order valence-corrected chi connectivity index (χ3v) is 1.80. The summed E-state index contributed by atoms with van der Waals surface area (Å²) < 4.78 is 1.80. The van der Waals surface area contributed by atoms with Crippen LogP contribution in [0.4, 0.5) is 5.95 Å². The van der Waals surface area contributed by atoms with Crippen LogP contribution in [-0.2, 0) is 7.05 Å². The van der Waals surface area contributed by atoms with Gasteiger partial charge in [0.15, 0.2) is 0 Å². The standard InChI is InChI=1S/C9H15N3O/c1-3-4-6-10-9-11-8(13)5-7-12(9)2/h5,7H,3-4,6H2,1-2H3,(H,10,11,13). The highest BCUT2D eigenvalue weighted by atomic mass is 16.1. The minimum Gasteiger partial charge on any atom is -0.356 e. The van der Waals surface area contributed by atoms with Crippen molar-refractivity contribution < 1.29 is 0 Å². The third kappa shape index (κ3) is 2.89. The molecule has 0 bridgehead atoms. The molecule has 0 fully saturated rings. The Balaban J connectivity index is 2.64. The number of aromatic nitrogens is 2. The fourth-order valence-electron chi connectivity index (χ4n) is 1.01. The van der Waals surface area contributed by atoms with E-state index in [1.165, 1.54) is 6.07 Å². The van der Waals surface area contributed by atoms with Crippen LogP contribution in [0.25, 0.3) is 0 Å². The van der Waals surface area contributed by atoms with Crippen LogP contribution in [0.1, 0.15) is 19.8 Å². The van der Waals surface area contributed by atoms with Gasteiger partial charge in [0.2, 0.25) is 5.95 Å². The predicted octanol–water partition coefficient (Wildman–Crippen LogP) is 0.992. The van der Waals surface area contributed by atoms with Gasteiger partial charge in [-0.2, -0.15) is 4.98 Å². The van der Waals surface area contributed by atoms with Crippen molar-refractivity contribution in [3.63, 3.8) is 0 Å². The Morgan fingerprint density at radius 1 is 1.62 bits per heavy atom. The molecule has 13 heavy (non-hydrogen) atoms. The van der Waals surface area contributed by atoms with E-state index in [1.807, 2.05) is 7.05 Å². The molecule has 0 saturated carbocycles. The third-order valence-electron chi connectivity index (χ3n) is 1.80. The molecule has 1 N–H and O–H groups in total. The number of aryl methyl sites for hydroxylation is 1. The Morgan fingerprint density at radius 2 is 2.38 bits per heavy atom. The lowest BCUT2D eigenvalue weighted by Crippen LogP contribution is -2.16. The summed E-state index contributed by atoms with van der Waals surface area (Å²) in [6, 6.07) is 1.45. The van der Waals surface area contributed by atoms with Crippen LogP contribution in [0.5, 0.6) is 0 Å². The van der Waals surface area contributed by atoms with Gasteiger partial charge in [0, 0.05) is 25.9 Å². The van der Waals surface area contributed by atoms with Gasteiger partial charge in [0.1, 0.15) is 0 Å². The molecule has 1 rings (SSSR count). The van der Waals surface area contributed by atoms with Crippen molar-refractivity contribution in [3.05, 3.63) is 22.6 Å². The maximum absolute atomic E-state index is 10.9. The van der Waals surface area contributed by atoms with Crippen LogP contribution in [0, 0.1) is 0 Å². The molecule has 0 atom stereocenters. The predicted molar refractivity (Wildman–Crippen MR) is 52.9 cm³/mol. The first-order valence-corrected chi connectivity index (χ1v) is 4.51. The summed E-state index contributed by atoms with van der Waals surface area (Å²) in [5.41, 5.74) is -0.197. The van der Waals surface area contributed by atoms with E-state index >= 15 is 0 Å². The van der Waals surface area contributed by atoms with E-state index in [4.69, 9.17) is 0 Å². The maximum atomic E-state index is 10.9. The molecule has 0 spiro atoms. The first-order valence-electron chi connectivity index (χ1n) is 4.51. The van der Waals surface area contributed by atoms with Gasteiger partial charge in [-0.15, -0.1) is 0 Å². The maximum Gasteiger partial charge on any atom is 0.274 e. The second kappa shape index (κ2) is 4.64. The molecule has 4 heteroatoms. The largest absolute Gasteiger partial charge is 0.356 e. The SMILES string of the molecule is CCCCNc1nc(=O)ccn1C. The molecule has 0 aliphatic rings. The highest BCUT2D eigenvalue weighted by Gasteiger charge is 1.96. The van der Waals surface area contributed by atoms with E-state index in [0.29, 0.717) is 5.95 Å². The van der Waals surface area contributed by atoms with Gasteiger partial charge in [-0.1, -0.05) is 13.3 Å². The van der Waals surface area contributed by atoms with Crippen LogP contribution in [0.2, 0.25) is 0 Å². The number of hydrogen-bond donors (Lipinski definition) is 1. The lowest BCUT2D eigenvalue weighted by atomic mass is 10.3. The van der Waals surface area contributed by atoms with E-state index in [-0.39, 0.29) is 5.56 Å². The van der Waals surface area contributed by atoms with Crippen LogP contribution >= 0.6 is 0 Å². The zero-order valence-electron chi connectivity index (χ0n) is 8.08. The second-order valence-corrected chi connectivity index (χ2v) is 2.98. The van der Waals surface area contributed by atoms with Crippen LogP contribution < -0.4 is 10.9 Å². The van der Waals surface area contributed by atoms with Gasteiger partial charge in [0.25, 0.3) is 5.56 Å². The highest BCUT2D eigenvalue weighted by Crippen LogP contribution is 1.97. The topological polar surface area (TPSA) is 46.9 Å². The summed E-state index contributed by atoms with van der Waals surface area (Å²) in [5, 5.41) is 3.11. The molecule has 0 aromatic carbocycles. The van der Waals surface area contributed by atoms with E-state index < -0.39 is 0 Å². The summed E-state index contributed by atoms with van der Waals surface area (Å²) in [6.07, 6.45) is 3.93. The molecule has 1 aromatic rings. The minimum absolute atomic E-state index is 0.197. The average molecular weight is 181 g/mol. The van der Waals surface area contributed by atoms with Crippen molar-refractivity contribution >= 4 is 5.95 Å². The molecule has 0 unspecified atom stereocenters. The lowest BCUT2D eigenvalue weighted by molar-refractivity contribution is 0.795. The molecule has 1 heterocycles. The minimum atomic E-state index is -0.197. The van der Waals surface area contributed by atoms with Crippen LogP contribution in [0.3, 0.4) is 0 Å². The van der Waals surface area contributed by atoms with Gasteiger partial charge in [-0.3, -0.25) is 4.79 Å². The monoisotopic (exact) mass is 181 g/mol. The summed E-state index contributed by atoms with van der Waals surface area (Å²) in [6.45, 7) is 2.99. The van der Waals surface area contributed by atoms with Crippen molar-refractivity contribution in [2.75, 3.05) is 11.9 Å². The second-order valence-electron chi connectivity index (χ2n) is 2.98. The van der Waals surface area contributed by atoms with E-state index in [2.05, 4.69) is 17.2 Å². The molecule has 72 valence electrons. The highest BCUT2D eigenvalue weighted by molar-refractivity contribution is 5.23. The smallest absolute Gasteiger partial charge is 0.274 e. The van der Waals surface area contributed by atoms with E-state index in [9.17, 15) is 4.79 Å². The molecule has 0 aliphatic heterocycles. The zero-order chi connectivity index (χ0) is 9.68. The summed E-state index contributed by atoms with van der Waals surface area (Å²) in [4.78, 5) is 14.8. The Bertz CT molecular complexity index is 319. The van der Waals surface area contributed by atoms with Crippen molar-refractivity contribution in [1.29, 1.82) is 0 Å². The number of nitrogens with zero attached hydrogens (tertiary/aromatic N) is 2. The average Bonchev–Trinajstić information content (AvgIpc) is 2.11. The summed E-state index contributed by atoms with van der Waals surface area (Å²) in [7, 11) is 1.86. The molecular formula is C9H15N3O. The number of hydrogen-bond acceptors (Lipinski definition) is 3. The molecular weight excluding hydrogens is 166 g/mol. The van der Waals surface area contributed by atoms with Crippen LogP contribution in [0.15, 0.2) is 17.1 Å². The molecule has 4 nitrogen and oxygen atoms in total. The Morgan fingerprint density at radius 3 is 3.08 bits per heavy atom. The number of unbranched alkanes of at least 4 members (excludes halogenated alkanes) is 1. The van der Waals surface area contributed by atoms with Gasteiger partial charge >= 0.3 is 0 Å². The fraction of sp³-hybridized carbons (Fsp3) is 0.556. The molecule has 1 aromatic heterocycles. The summed E-state index contributed by atoms with van der Waals surface area (Å²) >= 11 is 0. The van der Waals surface area contributed by atoms with Gasteiger partial charge in [-0.05, 0) is 6.42 Å². The number of nitrogens with one attached hydrogen (secondary N) is 1. The number of anilines is 1.